The number of rotatable bonds is 5. The molecule has 18 heavy (non-hydrogen) atoms. The molecule has 0 rings (SSSR count). The van der Waals surface area contributed by atoms with Crippen molar-refractivity contribution in [3.05, 3.63) is 0 Å². The van der Waals surface area contributed by atoms with Crippen molar-refractivity contribution < 1.29 is 19.5 Å². The summed E-state index contributed by atoms with van der Waals surface area (Å²) in [5.74, 6) is 0.771. The normalized spacial score (nSPS) is 10.3. The molecular weight excluding hydrogens is 236 g/mol. The molecule has 6 nitrogen and oxygen atoms in total. The third-order valence-electron chi connectivity index (χ3n) is 2.19. The highest BCUT2D eigenvalue weighted by Crippen LogP contribution is 2.24. The predicted octanol–water partition coefficient (Wildman–Crippen LogP) is 0.679. The molecule has 2 N–H and O–H groups in total. The van der Waals surface area contributed by atoms with Gasteiger partial charge in [0.05, 0.1) is 13.0 Å². The topological polar surface area (TPSA) is 86.7 Å². The van der Waals surface area contributed by atoms with Crippen molar-refractivity contribution in [1.82, 2.24) is 10.2 Å². The first-order valence-corrected chi connectivity index (χ1v) is 5.38. The van der Waals surface area contributed by atoms with Gasteiger partial charge in [-0.15, -0.1) is 6.42 Å². The maximum Gasteiger partial charge on any atom is 0.324 e. The van der Waals surface area contributed by atoms with Crippen molar-refractivity contribution >= 4 is 17.9 Å². The monoisotopic (exact) mass is 254 g/mol. The first-order chi connectivity index (χ1) is 8.18. The largest absolute Gasteiger partial charge is 0.481 e. The number of aliphatic carboxylic acids is 1. The van der Waals surface area contributed by atoms with Crippen LogP contribution in [0.15, 0.2) is 0 Å². The molecule has 0 saturated carbocycles. The molecule has 100 valence electrons. The summed E-state index contributed by atoms with van der Waals surface area (Å²) in [6.45, 7) is 3.39. The number of carbonyl (C=O) groups is 3. The summed E-state index contributed by atoms with van der Waals surface area (Å²) in [4.78, 5) is 34.8. The Morgan fingerprint density at radius 3 is 2.33 bits per heavy atom. The standard InChI is InChI=1S/C12H18N2O4/c1-5-6-14(4)11(18)13-9(15)7-12(2,3)8-10(16)17/h1H,6-8H2,2-4H3,(H,16,17)(H,13,15,18). The van der Waals surface area contributed by atoms with E-state index in [1.807, 2.05) is 0 Å². The minimum Gasteiger partial charge on any atom is -0.481 e. The molecule has 0 radical (unpaired) electrons. The van der Waals surface area contributed by atoms with Gasteiger partial charge < -0.3 is 10.0 Å². The van der Waals surface area contributed by atoms with Gasteiger partial charge in [-0.05, 0) is 5.41 Å². The number of hydrogen-bond donors (Lipinski definition) is 2. The van der Waals surface area contributed by atoms with Crippen LogP contribution in [-0.4, -0.2) is 41.5 Å². The lowest BCUT2D eigenvalue weighted by Gasteiger charge is -2.22. The van der Waals surface area contributed by atoms with Gasteiger partial charge in [0, 0.05) is 13.5 Å². The van der Waals surface area contributed by atoms with Gasteiger partial charge in [0.15, 0.2) is 0 Å². The Kier molecular flexibility index (Phi) is 5.89. The van der Waals surface area contributed by atoms with Gasteiger partial charge in [-0.2, -0.15) is 0 Å². The lowest BCUT2D eigenvalue weighted by Crippen LogP contribution is -2.42. The second kappa shape index (κ2) is 6.64. The van der Waals surface area contributed by atoms with E-state index in [0.29, 0.717) is 0 Å². The fraction of sp³-hybridized carbons (Fsp3) is 0.583. The summed E-state index contributed by atoms with van der Waals surface area (Å²) in [6, 6.07) is -0.593. The number of imide groups is 1. The number of carbonyl (C=O) groups excluding carboxylic acids is 2. The van der Waals surface area contributed by atoms with Gasteiger partial charge >= 0.3 is 12.0 Å². The molecule has 0 saturated heterocycles. The second-order valence-corrected chi connectivity index (χ2v) is 4.83. The van der Waals surface area contributed by atoms with Crippen LogP contribution in [0, 0.1) is 17.8 Å². The third-order valence-corrected chi connectivity index (χ3v) is 2.19. The number of nitrogens with zero attached hydrogens (tertiary/aromatic N) is 1. The summed E-state index contributed by atoms with van der Waals surface area (Å²) in [6.07, 6.45) is 4.84. The zero-order valence-corrected chi connectivity index (χ0v) is 10.8. The molecule has 0 spiro atoms. The Labute approximate surface area is 106 Å². The summed E-state index contributed by atoms with van der Waals surface area (Å²) in [7, 11) is 1.46. The van der Waals surface area contributed by atoms with Crippen LogP contribution in [0.1, 0.15) is 26.7 Å². The molecule has 0 aromatic carbocycles. The van der Waals surface area contributed by atoms with Crippen LogP contribution in [0.25, 0.3) is 0 Å². The van der Waals surface area contributed by atoms with E-state index in [9.17, 15) is 14.4 Å². The number of nitrogens with one attached hydrogen (secondary N) is 1. The van der Waals surface area contributed by atoms with Crippen LogP contribution in [0.2, 0.25) is 0 Å². The van der Waals surface area contributed by atoms with Crippen LogP contribution in [0.4, 0.5) is 4.79 Å². The molecule has 0 aliphatic rings. The average Bonchev–Trinajstić information content (AvgIpc) is 2.13. The van der Waals surface area contributed by atoms with E-state index in [-0.39, 0.29) is 19.4 Å². The zero-order valence-electron chi connectivity index (χ0n) is 10.8. The molecule has 0 atom stereocenters. The van der Waals surface area contributed by atoms with Gasteiger partial charge in [-0.1, -0.05) is 19.8 Å². The molecule has 0 aromatic rings. The Balaban J connectivity index is 4.31. The Bertz CT molecular complexity index is 382. The number of carboxylic acid groups (broad SMARTS) is 1. The van der Waals surface area contributed by atoms with E-state index in [2.05, 4.69) is 11.2 Å². The van der Waals surface area contributed by atoms with Crippen molar-refractivity contribution in [2.75, 3.05) is 13.6 Å². The van der Waals surface area contributed by atoms with Crippen molar-refractivity contribution in [2.24, 2.45) is 5.41 Å². The van der Waals surface area contributed by atoms with Gasteiger partial charge in [-0.25, -0.2) is 4.79 Å². The molecule has 0 aliphatic carbocycles. The first kappa shape index (κ1) is 16.0. The highest BCUT2D eigenvalue weighted by atomic mass is 16.4. The Morgan fingerprint density at radius 1 is 1.33 bits per heavy atom. The number of urea groups is 1. The third kappa shape index (κ3) is 6.53. The molecule has 0 bridgehead atoms. The summed E-state index contributed by atoms with van der Waals surface area (Å²) < 4.78 is 0. The number of hydrogen-bond acceptors (Lipinski definition) is 3. The fourth-order valence-electron chi connectivity index (χ4n) is 1.37. The van der Waals surface area contributed by atoms with Crippen LogP contribution in [0.5, 0.6) is 0 Å². The SMILES string of the molecule is C#CCN(C)C(=O)NC(=O)CC(C)(C)CC(=O)O. The molecule has 0 aliphatic heterocycles. The number of carboxylic acids is 1. The van der Waals surface area contributed by atoms with E-state index in [1.165, 1.54) is 11.9 Å². The van der Waals surface area contributed by atoms with Gasteiger partial charge in [-0.3, -0.25) is 14.9 Å². The van der Waals surface area contributed by atoms with E-state index in [4.69, 9.17) is 11.5 Å². The van der Waals surface area contributed by atoms with Crippen LogP contribution in [0.3, 0.4) is 0 Å². The highest BCUT2D eigenvalue weighted by molar-refractivity contribution is 5.94. The highest BCUT2D eigenvalue weighted by Gasteiger charge is 2.26. The Hall–Kier alpha value is -2.03. The van der Waals surface area contributed by atoms with E-state index < -0.39 is 23.3 Å². The fourth-order valence-corrected chi connectivity index (χ4v) is 1.37. The Morgan fingerprint density at radius 2 is 1.89 bits per heavy atom. The van der Waals surface area contributed by atoms with Crippen molar-refractivity contribution in [3.63, 3.8) is 0 Å². The van der Waals surface area contributed by atoms with Crippen molar-refractivity contribution in [2.45, 2.75) is 26.7 Å². The van der Waals surface area contributed by atoms with Crippen LogP contribution in [-0.2, 0) is 9.59 Å². The quantitative estimate of drug-likeness (QED) is 0.706. The number of amides is 3. The lowest BCUT2D eigenvalue weighted by molar-refractivity contribution is -0.139. The molecule has 0 aromatic heterocycles. The van der Waals surface area contributed by atoms with Crippen molar-refractivity contribution in [3.8, 4) is 12.3 Å². The smallest absolute Gasteiger partial charge is 0.324 e. The molecular formula is C12H18N2O4. The molecule has 0 fully saturated rings. The van der Waals surface area contributed by atoms with Crippen LogP contribution >= 0.6 is 0 Å². The zero-order chi connectivity index (χ0) is 14.3. The minimum absolute atomic E-state index is 0.0467. The molecule has 0 unspecified atom stereocenters. The maximum atomic E-state index is 11.6. The molecule has 3 amide bonds. The van der Waals surface area contributed by atoms with E-state index in [1.54, 1.807) is 13.8 Å². The van der Waals surface area contributed by atoms with Crippen LogP contribution < -0.4 is 5.32 Å². The molecule has 6 heteroatoms. The summed E-state index contributed by atoms with van der Waals surface area (Å²) >= 11 is 0. The maximum absolute atomic E-state index is 11.6. The predicted molar refractivity (Wildman–Crippen MR) is 65.7 cm³/mol. The second-order valence-electron chi connectivity index (χ2n) is 4.83. The number of terminal acetylenes is 1. The van der Waals surface area contributed by atoms with E-state index >= 15 is 0 Å². The lowest BCUT2D eigenvalue weighted by atomic mass is 9.85. The minimum atomic E-state index is -0.983. The first-order valence-electron chi connectivity index (χ1n) is 5.38. The summed E-state index contributed by atoms with van der Waals surface area (Å²) in [5, 5.41) is 10.8. The van der Waals surface area contributed by atoms with Gasteiger partial charge in [0.2, 0.25) is 5.91 Å². The van der Waals surface area contributed by atoms with Gasteiger partial charge in [0.25, 0.3) is 0 Å². The van der Waals surface area contributed by atoms with Crippen molar-refractivity contribution in [1.29, 1.82) is 0 Å². The summed E-state index contributed by atoms with van der Waals surface area (Å²) in [5.41, 5.74) is -0.707. The van der Waals surface area contributed by atoms with E-state index in [0.717, 1.165) is 0 Å². The average molecular weight is 254 g/mol. The molecule has 0 heterocycles. The van der Waals surface area contributed by atoms with Gasteiger partial charge in [0.1, 0.15) is 0 Å².